The van der Waals surface area contributed by atoms with Crippen LogP contribution in [-0.2, 0) is 6.51 Å². The first-order valence-electron chi connectivity index (χ1n) is 9.51. The van der Waals surface area contributed by atoms with Crippen molar-refractivity contribution in [1.82, 2.24) is 4.90 Å². The molecule has 0 amide bonds. The normalized spacial score (nSPS) is 104. The molecule has 0 aliphatic carbocycles. The molecule has 10 aliphatic rings. The van der Waals surface area contributed by atoms with E-state index in [4.69, 9.17) is 15.9 Å². The van der Waals surface area contributed by atoms with Crippen molar-refractivity contribution in [1.29, 1.82) is 0 Å². The van der Waals surface area contributed by atoms with Gasteiger partial charge in [-0.3, -0.25) is 0 Å². The zero-order chi connectivity index (χ0) is 15.0. The summed E-state index contributed by atoms with van der Waals surface area (Å²) in [5.74, 6) is 0. The molecule has 0 aromatic carbocycles. The van der Waals surface area contributed by atoms with E-state index in [0.29, 0.717) is 7.92 Å². The van der Waals surface area contributed by atoms with E-state index in [9.17, 15) is 0 Å². The Bertz CT molecular complexity index is 1080. The standard InChI is InChI=1S/C13H22BrNP.C5H5.Fe/c1-6-16(7-2)12-9-8-11(13(12)14)10(3)15(4)5;1-2-4-5-3-1;/h8-10H,6-7H2,1-5H3;1-5H;. The molecule has 1 spiro atoms. The van der Waals surface area contributed by atoms with E-state index in [0.717, 1.165) is 17.6 Å². The van der Waals surface area contributed by atoms with Crippen LogP contribution in [0.2, 0.25) is 38.0 Å². The van der Waals surface area contributed by atoms with Crippen LogP contribution in [0.15, 0.2) is 0 Å². The van der Waals surface area contributed by atoms with Gasteiger partial charge >= 0.3 is 134 Å². The van der Waals surface area contributed by atoms with Gasteiger partial charge in [-0.25, -0.2) is 0 Å². The van der Waals surface area contributed by atoms with Crippen LogP contribution in [-0.4, -0.2) is 44.6 Å². The number of rotatable bonds is 5. The molecule has 0 aromatic heterocycles. The van der Waals surface area contributed by atoms with Gasteiger partial charge < -0.3 is 0 Å². The molecule has 0 aromatic rings. The fraction of sp³-hybridized carbons (Fsp3) is 1.00. The molecule has 0 saturated carbocycles. The van der Waals surface area contributed by atoms with Crippen LogP contribution in [0.5, 0.6) is 0 Å². The molecule has 6 atom stereocenters. The molecule has 1 nitrogen and oxygen atoms in total. The van der Waals surface area contributed by atoms with Crippen LogP contribution in [0.1, 0.15) is 20.8 Å². The third-order valence-electron chi connectivity index (χ3n) is 17.5. The molecule has 0 bridgehead atoms. The van der Waals surface area contributed by atoms with Crippen LogP contribution in [0, 0.1) is 0 Å². The summed E-state index contributed by atoms with van der Waals surface area (Å²) in [6, 6.07) is 0.887. The van der Waals surface area contributed by atoms with Gasteiger partial charge in [0.2, 0.25) is 0 Å². The summed E-state index contributed by atoms with van der Waals surface area (Å²) >= 11 is 4.79. The topological polar surface area (TPSA) is 3.24 Å². The summed E-state index contributed by atoms with van der Waals surface area (Å²) in [6.45, 7) is 4.43. The van der Waals surface area contributed by atoms with Gasteiger partial charge in [-0.2, -0.15) is 0 Å². The fourth-order valence-electron chi connectivity index (χ4n) is 19.8. The predicted molar refractivity (Wildman–Crippen MR) is 94.5 cm³/mol. The van der Waals surface area contributed by atoms with E-state index in [2.05, 4.69) is 39.8 Å². The average Bonchev–Trinajstić information content (AvgIpc) is 3.44. The Morgan fingerprint density at radius 1 is 1.05 bits per heavy atom. The molecule has 10 heterocycles. The van der Waals surface area contributed by atoms with Crippen molar-refractivity contribution in [2.75, 3.05) is 26.4 Å². The van der Waals surface area contributed by atoms with Crippen molar-refractivity contribution >= 4 is 23.9 Å². The Kier molecular flexibility index (Phi) is 0.560. The number of alkyl halides is 1. The second-order valence-electron chi connectivity index (χ2n) is 12.6. The van der Waals surface area contributed by atoms with Gasteiger partial charge in [0, 0.05) is 0 Å². The molecule has 124 valence electrons. The average molecular weight is 424 g/mol. The number of fused-ring (bicyclic) bond motifs is 10. The molecule has 10 fully saturated rings. The minimum atomic E-state index is -3.33. The van der Waals surface area contributed by atoms with Crippen molar-refractivity contribution in [3.63, 3.8) is 0 Å². The Hall–Kier alpha value is 1.39. The second-order valence-corrected chi connectivity index (χ2v) is 40.8. The number of hydrogen-bond acceptors (Lipinski definition) is 1. The van der Waals surface area contributed by atoms with Crippen molar-refractivity contribution in [3.05, 3.63) is 0 Å². The third kappa shape index (κ3) is 0.129. The third-order valence-corrected chi connectivity index (χ3v) is 75.9. The number of hydrogen-bond donors (Lipinski definition) is 0. The van der Waals surface area contributed by atoms with E-state index in [1.54, 1.807) is 12.3 Å². The van der Waals surface area contributed by atoms with E-state index < -0.39 is 6.51 Å². The van der Waals surface area contributed by atoms with Crippen LogP contribution in [0.3, 0.4) is 0 Å². The van der Waals surface area contributed by atoms with Crippen LogP contribution in [0.4, 0.5) is 0 Å². The number of halogens is 1. The monoisotopic (exact) mass is 423 g/mol. The molecule has 10 saturated heterocycles. The van der Waals surface area contributed by atoms with E-state index >= 15 is 0 Å². The quantitative estimate of drug-likeness (QED) is 0.324. The molecule has 10 rings (SSSR count). The summed E-state index contributed by atoms with van der Waals surface area (Å²) < 4.78 is 2.76. The Balaban J connectivity index is 1.49. The first kappa shape index (κ1) is 11.2. The maximum atomic E-state index is 4.79. The molecule has 6 unspecified atom stereocenters. The summed E-state index contributed by atoms with van der Waals surface area (Å²) in [7, 11) is 5.12. The number of nitrogens with zero attached hydrogens (tertiary/aromatic N) is 1. The van der Waals surface area contributed by atoms with Gasteiger partial charge in [-0.1, -0.05) is 0 Å². The summed E-state index contributed by atoms with van der Waals surface area (Å²) in [5.41, 5.74) is 0. The van der Waals surface area contributed by atoms with E-state index in [1.807, 2.05) is 0 Å². The molecule has 10 aliphatic heterocycles. The molecule has 22 heavy (non-hydrogen) atoms. The van der Waals surface area contributed by atoms with Crippen molar-refractivity contribution in [2.24, 2.45) is 0 Å². The summed E-state index contributed by atoms with van der Waals surface area (Å²) in [4.78, 5) is 12.5. The minimum absolute atomic E-state index is 0.336. The second kappa shape index (κ2) is 1.10. The Morgan fingerprint density at radius 3 is 1.86 bits per heavy atom. The van der Waals surface area contributed by atoms with Crippen LogP contribution >= 0.6 is 23.9 Å². The first-order valence-corrected chi connectivity index (χ1v) is 18.1. The van der Waals surface area contributed by atoms with Gasteiger partial charge in [0.15, 0.2) is 0 Å². The van der Waals surface area contributed by atoms with Gasteiger partial charge in [-0.05, 0) is 0 Å². The fourth-order valence-corrected chi connectivity index (χ4v) is 127. The van der Waals surface area contributed by atoms with Crippen LogP contribution in [0.25, 0.3) is 0 Å². The summed E-state index contributed by atoms with van der Waals surface area (Å²) in [6.07, 6.45) is 3.10. The molecule has 0 N–H and O–H groups in total. The predicted octanol–water partition coefficient (Wildman–Crippen LogP) is 5.43. The van der Waals surface area contributed by atoms with Gasteiger partial charge in [0.05, 0.1) is 0 Å². The zero-order valence-electron chi connectivity index (χ0n) is 14.2. The van der Waals surface area contributed by atoms with Crippen molar-refractivity contribution in [2.45, 2.75) is 72.1 Å². The maximum absolute atomic E-state index is 4.79. The van der Waals surface area contributed by atoms with E-state index in [-0.39, 0.29) is 0 Å². The molecule has 4 heteroatoms. The van der Waals surface area contributed by atoms with Crippen molar-refractivity contribution < 1.29 is 6.51 Å². The SMILES string of the molecule is CCP(CC)[C]12[CH]3[CH]4[C]5(C(C)N(C)C)[C]1(Br)[Fe]43521678[CH]2[CH]1[CH]6[CH]7[CH]28. The van der Waals surface area contributed by atoms with Crippen LogP contribution < -0.4 is 0 Å². The Morgan fingerprint density at radius 2 is 1.55 bits per heavy atom. The first-order chi connectivity index (χ1) is 10.2. The van der Waals surface area contributed by atoms with Crippen molar-refractivity contribution in [3.8, 4) is 0 Å². The van der Waals surface area contributed by atoms with Gasteiger partial charge in [0.25, 0.3) is 0 Å². The van der Waals surface area contributed by atoms with E-state index in [1.165, 1.54) is 33.7 Å². The zero-order valence-corrected chi connectivity index (χ0v) is 17.7. The van der Waals surface area contributed by atoms with Gasteiger partial charge in [0.1, 0.15) is 0 Å². The summed E-state index contributed by atoms with van der Waals surface area (Å²) in [5, 5.41) is 0. The Labute approximate surface area is 133 Å². The van der Waals surface area contributed by atoms with Gasteiger partial charge in [-0.15, -0.1) is 0 Å². The molecule has 0 radical (unpaired) electrons. The molecular formula is C18H27BrFeNP. The molecular weight excluding hydrogens is 397 g/mol.